The van der Waals surface area contributed by atoms with Crippen molar-refractivity contribution < 1.29 is 23.2 Å². The lowest BCUT2D eigenvalue weighted by Gasteiger charge is -2.34. The van der Waals surface area contributed by atoms with Gasteiger partial charge in [0.15, 0.2) is 0 Å². The molecule has 168 valence electrons. The minimum absolute atomic E-state index is 0.0342. The number of imide groups is 1. The Balaban J connectivity index is 1.35. The lowest BCUT2D eigenvalue weighted by Crippen LogP contribution is -2.47. The molecule has 1 N–H and O–H groups in total. The van der Waals surface area contributed by atoms with Crippen molar-refractivity contribution in [1.82, 2.24) is 4.90 Å². The van der Waals surface area contributed by atoms with Gasteiger partial charge in [-0.3, -0.25) is 19.3 Å². The lowest BCUT2D eigenvalue weighted by molar-refractivity contribution is -0.123. The molecule has 2 aromatic rings. The third-order valence-electron chi connectivity index (χ3n) is 5.83. The molecule has 1 atom stereocenters. The second-order valence-corrected chi connectivity index (χ2v) is 8.89. The van der Waals surface area contributed by atoms with Crippen molar-refractivity contribution in [2.75, 3.05) is 23.3 Å². The smallest absolute Gasteiger partial charge is 0.288 e. The molecule has 2 fully saturated rings. The zero-order valence-corrected chi connectivity index (χ0v) is 18.1. The number of halogens is 2. The first-order valence-electron chi connectivity index (χ1n) is 10.4. The highest BCUT2D eigenvalue weighted by Gasteiger charge is 2.43. The van der Waals surface area contributed by atoms with E-state index in [1.54, 1.807) is 0 Å². The molecule has 2 aromatic carbocycles. The number of amides is 3. The molecule has 2 heterocycles. The second-order valence-electron chi connectivity index (χ2n) is 7.83. The Hall–Kier alpha value is -2.78. The van der Waals surface area contributed by atoms with E-state index in [2.05, 4.69) is 5.32 Å². The van der Waals surface area contributed by atoms with E-state index in [-0.39, 0.29) is 30.1 Å². The van der Waals surface area contributed by atoms with Gasteiger partial charge < -0.3 is 5.32 Å². The van der Waals surface area contributed by atoms with E-state index in [0.717, 1.165) is 10.6 Å². The number of benzene rings is 2. The van der Waals surface area contributed by atoms with Crippen LogP contribution in [0, 0.1) is 5.92 Å². The van der Waals surface area contributed by atoms with Crippen LogP contribution in [0.15, 0.2) is 59.5 Å². The Labute approximate surface area is 188 Å². The van der Waals surface area contributed by atoms with Crippen LogP contribution in [-0.4, -0.2) is 47.5 Å². The van der Waals surface area contributed by atoms with Crippen molar-refractivity contribution in [3.8, 4) is 0 Å². The van der Waals surface area contributed by atoms with Crippen LogP contribution in [0.2, 0.25) is 0 Å². The summed E-state index contributed by atoms with van der Waals surface area (Å²) in [5.41, 5.74) is 1.14. The third-order valence-corrected chi connectivity index (χ3v) is 6.55. The standard InChI is InChI=1S/C23H23F2N3O3S/c24-23(25)32-18-8-6-17(7-9-18)28-20(29)14-19(22(28)31)27-12-10-15(11-13-27)21(30)26-16-4-2-1-3-5-16/h1-9,15,19,23H,10-14H2,(H,26,30)/t19-/m1/s1. The Kier molecular flexibility index (Phi) is 6.86. The SMILES string of the molecule is O=C(Nc1ccccc1)C1CCN([C@@H]2CC(=O)N(c3ccc(SC(F)F)cc3)C2=O)CC1. The van der Waals surface area contributed by atoms with Crippen LogP contribution >= 0.6 is 11.8 Å². The van der Waals surface area contributed by atoms with Crippen molar-refractivity contribution in [1.29, 1.82) is 0 Å². The fraction of sp³-hybridized carbons (Fsp3) is 0.348. The van der Waals surface area contributed by atoms with Gasteiger partial charge in [-0.25, -0.2) is 4.90 Å². The van der Waals surface area contributed by atoms with Gasteiger partial charge in [0, 0.05) is 16.5 Å². The first-order valence-corrected chi connectivity index (χ1v) is 11.3. The summed E-state index contributed by atoms with van der Waals surface area (Å²) in [5.74, 6) is -3.32. The molecular weight excluding hydrogens is 436 g/mol. The van der Waals surface area contributed by atoms with Crippen LogP contribution < -0.4 is 10.2 Å². The Morgan fingerprint density at radius 3 is 2.28 bits per heavy atom. The first kappa shape index (κ1) is 22.4. The van der Waals surface area contributed by atoms with E-state index in [1.807, 2.05) is 35.2 Å². The van der Waals surface area contributed by atoms with Crippen LogP contribution in [0.1, 0.15) is 19.3 Å². The Morgan fingerprint density at radius 2 is 1.66 bits per heavy atom. The molecule has 6 nitrogen and oxygen atoms in total. The van der Waals surface area contributed by atoms with Crippen molar-refractivity contribution >= 4 is 40.9 Å². The number of likely N-dealkylation sites (tertiary alicyclic amines) is 1. The van der Waals surface area contributed by atoms with Gasteiger partial charge in [-0.05, 0) is 62.3 Å². The second kappa shape index (κ2) is 9.79. The van der Waals surface area contributed by atoms with Crippen LogP contribution in [0.25, 0.3) is 0 Å². The maximum Gasteiger partial charge on any atom is 0.288 e. The van der Waals surface area contributed by atoms with Gasteiger partial charge >= 0.3 is 0 Å². The van der Waals surface area contributed by atoms with Crippen LogP contribution in [0.4, 0.5) is 20.2 Å². The maximum atomic E-state index is 13.0. The van der Waals surface area contributed by atoms with E-state index in [0.29, 0.717) is 48.3 Å². The Bertz CT molecular complexity index is 980. The number of para-hydroxylation sites is 1. The van der Waals surface area contributed by atoms with Gasteiger partial charge in [-0.1, -0.05) is 30.0 Å². The molecule has 0 saturated carbocycles. The van der Waals surface area contributed by atoms with Gasteiger partial charge in [-0.15, -0.1) is 0 Å². The number of hydrogen-bond acceptors (Lipinski definition) is 5. The maximum absolute atomic E-state index is 13.0. The number of hydrogen-bond donors (Lipinski definition) is 1. The number of nitrogens with zero attached hydrogens (tertiary/aromatic N) is 2. The molecule has 2 saturated heterocycles. The third kappa shape index (κ3) is 4.99. The predicted molar refractivity (Wildman–Crippen MR) is 119 cm³/mol. The number of anilines is 2. The summed E-state index contributed by atoms with van der Waals surface area (Å²) >= 11 is 0.415. The number of carbonyl (C=O) groups excluding carboxylic acids is 3. The zero-order chi connectivity index (χ0) is 22.7. The van der Waals surface area contributed by atoms with Crippen LogP contribution in [-0.2, 0) is 14.4 Å². The Morgan fingerprint density at radius 1 is 1.00 bits per heavy atom. The predicted octanol–water partition coefficient (Wildman–Crippen LogP) is 3.98. The topological polar surface area (TPSA) is 69.7 Å². The first-order chi connectivity index (χ1) is 15.4. The summed E-state index contributed by atoms with van der Waals surface area (Å²) in [5, 5.41) is 2.92. The molecule has 0 bridgehead atoms. The van der Waals surface area contributed by atoms with Gasteiger partial charge in [-0.2, -0.15) is 8.78 Å². The minimum Gasteiger partial charge on any atom is -0.326 e. The van der Waals surface area contributed by atoms with E-state index >= 15 is 0 Å². The average molecular weight is 460 g/mol. The van der Waals surface area contributed by atoms with Gasteiger partial charge in [0.1, 0.15) is 0 Å². The number of alkyl halides is 2. The molecule has 0 spiro atoms. The highest BCUT2D eigenvalue weighted by molar-refractivity contribution is 7.99. The largest absolute Gasteiger partial charge is 0.326 e. The molecule has 0 aliphatic carbocycles. The molecule has 2 aliphatic heterocycles. The summed E-state index contributed by atoms with van der Waals surface area (Å²) in [6, 6.07) is 14.7. The number of thioether (sulfide) groups is 1. The summed E-state index contributed by atoms with van der Waals surface area (Å²) in [7, 11) is 0. The molecule has 9 heteroatoms. The van der Waals surface area contributed by atoms with Crippen molar-refractivity contribution in [2.24, 2.45) is 5.92 Å². The monoisotopic (exact) mass is 459 g/mol. The van der Waals surface area contributed by atoms with Gasteiger partial charge in [0.05, 0.1) is 18.2 Å². The number of rotatable bonds is 6. The molecule has 0 aromatic heterocycles. The molecule has 3 amide bonds. The van der Waals surface area contributed by atoms with E-state index in [9.17, 15) is 23.2 Å². The summed E-state index contributed by atoms with van der Waals surface area (Å²) < 4.78 is 25.0. The van der Waals surface area contributed by atoms with E-state index in [4.69, 9.17) is 0 Å². The number of nitrogens with one attached hydrogen (secondary N) is 1. The molecule has 32 heavy (non-hydrogen) atoms. The van der Waals surface area contributed by atoms with E-state index < -0.39 is 11.8 Å². The number of piperidine rings is 1. The molecule has 4 rings (SSSR count). The lowest BCUT2D eigenvalue weighted by atomic mass is 9.94. The van der Waals surface area contributed by atoms with Crippen LogP contribution in [0.5, 0.6) is 0 Å². The highest BCUT2D eigenvalue weighted by Crippen LogP contribution is 2.31. The molecule has 2 aliphatic rings. The fourth-order valence-electron chi connectivity index (χ4n) is 4.19. The van der Waals surface area contributed by atoms with Crippen LogP contribution in [0.3, 0.4) is 0 Å². The quantitative estimate of drug-likeness (QED) is 0.523. The van der Waals surface area contributed by atoms with E-state index in [1.165, 1.54) is 24.3 Å². The number of carbonyl (C=O) groups is 3. The van der Waals surface area contributed by atoms with Crippen molar-refractivity contribution in [3.63, 3.8) is 0 Å². The van der Waals surface area contributed by atoms with Gasteiger partial charge in [0.25, 0.3) is 11.7 Å². The average Bonchev–Trinajstić information content (AvgIpc) is 3.08. The summed E-state index contributed by atoms with van der Waals surface area (Å²) in [6.07, 6.45) is 1.29. The molecule has 0 unspecified atom stereocenters. The fourth-order valence-corrected chi connectivity index (χ4v) is 4.69. The molecule has 0 radical (unpaired) electrons. The minimum atomic E-state index is -2.53. The summed E-state index contributed by atoms with van der Waals surface area (Å²) in [4.78, 5) is 41.6. The highest BCUT2D eigenvalue weighted by atomic mass is 32.2. The van der Waals surface area contributed by atoms with Crippen molar-refractivity contribution in [2.45, 2.75) is 36.0 Å². The van der Waals surface area contributed by atoms with Gasteiger partial charge in [0.2, 0.25) is 11.8 Å². The molecular formula is C23H23F2N3O3S. The van der Waals surface area contributed by atoms with Crippen molar-refractivity contribution in [3.05, 3.63) is 54.6 Å². The summed E-state index contributed by atoms with van der Waals surface area (Å²) in [6.45, 7) is 1.10. The normalized spacial score (nSPS) is 20.2. The zero-order valence-electron chi connectivity index (χ0n) is 17.2.